The summed E-state index contributed by atoms with van der Waals surface area (Å²) in [6.07, 6.45) is -11.5. The van der Waals surface area contributed by atoms with Crippen molar-refractivity contribution in [3.8, 4) is 0 Å². The standard InChI is InChI=1S/C52H108N2O14Si4/c1-45(2,3)65-43(57)53-35(41(67-71(27,28)49(13,14)15)39-33(61-51(19,20)63-39)31-59-69(23,24)47(7,8)9)37(55)38(56)36(54-44(58)66-46(4,5)6)42(68-72(29,30)50(16,17)18)40-34(62-52(21,22)64-40)32-60-70(25,26)48(10,11)12/h33-42,55-56H,31-32H2,1-30H3,(H,53,57)(H,54,58)/t33-,34-,35-,36-,37-,38-,39-,40-,41-,42-/m1/s1. The second-order valence-electron chi connectivity index (χ2n) is 29.4. The Morgan fingerprint density at radius 3 is 0.944 bits per heavy atom. The zero-order valence-electron chi connectivity index (χ0n) is 51.0. The maximum absolute atomic E-state index is 14.3. The number of carbonyl (C=O) groups is 2. The number of amides is 2. The van der Waals surface area contributed by atoms with Crippen molar-refractivity contribution in [2.75, 3.05) is 13.2 Å². The minimum absolute atomic E-state index is 0.123. The van der Waals surface area contributed by atoms with E-state index >= 15 is 0 Å². The summed E-state index contributed by atoms with van der Waals surface area (Å²) in [6, 6.07) is -2.96. The van der Waals surface area contributed by atoms with E-state index in [0.717, 1.165) is 0 Å². The molecule has 16 nitrogen and oxygen atoms in total. The number of nitrogens with one attached hydrogen (secondary N) is 2. The Bertz CT molecular complexity index is 1660. The van der Waals surface area contributed by atoms with Gasteiger partial charge in [-0.25, -0.2) is 9.59 Å². The zero-order valence-corrected chi connectivity index (χ0v) is 55.0. The van der Waals surface area contributed by atoms with Crippen LogP contribution in [0.5, 0.6) is 0 Å². The van der Waals surface area contributed by atoms with Crippen molar-refractivity contribution in [1.82, 2.24) is 10.6 Å². The fourth-order valence-electron chi connectivity index (χ4n) is 7.31. The molecule has 10 atom stereocenters. The van der Waals surface area contributed by atoms with Crippen LogP contribution in [0.15, 0.2) is 0 Å². The number of carbonyl (C=O) groups excluding carboxylic acids is 2. The third-order valence-corrected chi connectivity index (χ3v) is 33.5. The van der Waals surface area contributed by atoms with Crippen molar-refractivity contribution in [3.05, 3.63) is 0 Å². The fourth-order valence-corrected chi connectivity index (χ4v) is 12.0. The smallest absolute Gasteiger partial charge is 0.408 e. The van der Waals surface area contributed by atoms with Crippen LogP contribution in [0.3, 0.4) is 0 Å². The number of alkyl carbamates (subject to hydrolysis) is 2. The van der Waals surface area contributed by atoms with E-state index in [1.165, 1.54) is 0 Å². The molecule has 0 aromatic heterocycles. The maximum Gasteiger partial charge on any atom is 0.408 e. The molecular formula is C52H108N2O14Si4. The first kappa shape index (κ1) is 67.1. The molecular weight excluding hydrogens is 989 g/mol. The van der Waals surface area contributed by atoms with Gasteiger partial charge in [-0.2, -0.15) is 0 Å². The van der Waals surface area contributed by atoms with Gasteiger partial charge < -0.3 is 67.0 Å². The molecule has 0 unspecified atom stereocenters. The van der Waals surface area contributed by atoms with Crippen molar-refractivity contribution in [2.24, 2.45) is 0 Å². The molecule has 426 valence electrons. The molecule has 2 aliphatic rings. The van der Waals surface area contributed by atoms with Crippen LogP contribution in [0.1, 0.15) is 152 Å². The maximum atomic E-state index is 14.3. The molecule has 0 saturated carbocycles. The minimum atomic E-state index is -2.89. The highest BCUT2D eigenvalue weighted by molar-refractivity contribution is 6.75. The predicted octanol–water partition coefficient (Wildman–Crippen LogP) is 11.4. The summed E-state index contributed by atoms with van der Waals surface area (Å²) in [5, 5.41) is 31.6. The largest absolute Gasteiger partial charge is 0.444 e. The summed E-state index contributed by atoms with van der Waals surface area (Å²) in [5.74, 6) is -2.31. The Hall–Kier alpha value is -0.992. The van der Waals surface area contributed by atoms with E-state index in [1.54, 1.807) is 69.2 Å². The highest BCUT2D eigenvalue weighted by atomic mass is 28.4. The number of aliphatic hydroxyl groups excluding tert-OH is 2. The van der Waals surface area contributed by atoms with Crippen LogP contribution in [-0.4, -0.2) is 153 Å². The number of ether oxygens (including phenoxy) is 6. The molecule has 0 radical (unpaired) electrons. The van der Waals surface area contributed by atoms with Gasteiger partial charge in [0.25, 0.3) is 0 Å². The molecule has 4 N–H and O–H groups in total. The van der Waals surface area contributed by atoms with Gasteiger partial charge in [-0.05, 0) is 142 Å². The number of rotatable bonds is 19. The van der Waals surface area contributed by atoms with E-state index in [4.69, 9.17) is 46.1 Å². The highest BCUT2D eigenvalue weighted by Crippen LogP contribution is 2.45. The van der Waals surface area contributed by atoms with Crippen LogP contribution in [-0.2, 0) is 46.1 Å². The molecule has 2 aliphatic heterocycles. The fraction of sp³-hybridized carbons (Fsp3) is 0.962. The molecule has 0 aromatic carbocycles. The van der Waals surface area contributed by atoms with Gasteiger partial charge in [0.15, 0.2) is 44.8 Å². The van der Waals surface area contributed by atoms with E-state index in [9.17, 15) is 19.8 Å². The molecule has 2 fully saturated rings. The summed E-state index contributed by atoms with van der Waals surface area (Å²) < 4.78 is 67.1. The molecule has 20 heteroatoms. The summed E-state index contributed by atoms with van der Waals surface area (Å²) in [4.78, 5) is 28.6. The number of aliphatic hydroxyl groups is 2. The summed E-state index contributed by atoms with van der Waals surface area (Å²) in [7, 11) is -10.5. The Kier molecular flexibility index (Phi) is 21.2. The molecule has 2 amide bonds. The third-order valence-electron chi connectivity index (χ3n) is 15.6. The molecule has 72 heavy (non-hydrogen) atoms. The number of hydrogen-bond acceptors (Lipinski definition) is 14. The average molecular weight is 1100 g/mol. The van der Waals surface area contributed by atoms with E-state index in [0.29, 0.717) is 0 Å². The molecule has 2 saturated heterocycles. The van der Waals surface area contributed by atoms with Gasteiger partial charge in [0, 0.05) is 0 Å². The first-order chi connectivity index (χ1) is 31.6. The van der Waals surface area contributed by atoms with Gasteiger partial charge >= 0.3 is 12.2 Å². The van der Waals surface area contributed by atoms with Crippen LogP contribution >= 0.6 is 0 Å². The van der Waals surface area contributed by atoms with E-state index < -0.39 is 129 Å². The topological polar surface area (TPSA) is 191 Å². The van der Waals surface area contributed by atoms with Crippen LogP contribution in [0.2, 0.25) is 72.5 Å². The summed E-state index contributed by atoms with van der Waals surface area (Å²) in [5.41, 5.74) is -1.92. The lowest BCUT2D eigenvalue weighted by molar-refractivity contribution is -0.165. The molecule has 0 aliphatic carbocycles. The zero-order chi connectivity index (χ0) is 56.8. The highest BCUT2D eigenvalue weighted by Gasteiger charge is 2.58. The first-order valence-electron chi connectivity index (χ1n) is 26.3. The Morgan fingerprint density at radius 2 is 0.722 bits per heavy atom. The second-order valence-corrected chi connectivity index (χ2v) is 48.6. The van der Waals surface area contributed by atoms with Gasteiger partial charge in [-0.1, -0.05) is 83.1 Å². The van der Waals surface area contributed by atoms with Crippen LogP contribution in [0, 0.1) is 0 Å². The molecule has 0 aromatic rings. The van der Waals surface area contributed by atoms with Gasteiger partial charge in [-0.3, -0.25) is 0 Å². The normalized spacial score (nSPS) is 24.5. The lowest BCUT2D eigenvalue weighted by Crippen LogP contribution is -2.69. The quantitative estimate of drug-likeness (QED) is 0.0894. The van der Waals surface area contributed by atoms with Crippen molar-refractivity contribution in [1.29, 1.82) is 0 Å². The lowest BCUT2D eigenvalue weighted by Gasteiger charge is -2.48. The minimum Gasteiger partial charge on any atom is -0.444 e. The lowest BCUT2D eigenvalue weighted by atomic mass is 9.87. The molecule has 2 rings (SSSR count). The second kappa shape index (κ2) is 22.8. The number of hydrogen-bond donors (Lipinski definition) is 4. The van der Waals surface area contributed by atoms with Gasteiger partial charge in [0.05, 0.1) is 37.5 Å². The van der Waals surface area contributed by atoms with Crippen molar-refractivity contribution >= 4 is 45.5 Å². The van der Waals surface area contributed by atoms with Crippen LogP contribution in [0.25, 0.3) is 0 Å². The summed E-state index contributed by atoms with van der Waals surface area (Å²) in [6.45, 7) is 60.3. The molecule has 0 spiro atoms. The van der Waals surface area contributed by atoms with Crippen LogP contribution < -0.4 is 10.6 Å². The Morgan fingerprint density at radius 1 is 0.472 bits per heavy atom. The Labute approximate surface area is 442 Å². The first-order valence-corrected chi connectivity index (χ1v) is 37.9. The Balaban J connectivity index is 3.16. The third kappa shape index (κ3) is 18.6. The van der Waals surface area contributed by atoms with Gasteiger partial charge in [0.1, 0.15) is 47.8 Å². The average Bonchev–Trinajstić information content (AvgIpc) is 3.61. The van der Waals surface area contributed by atoms with Crippen molar-refractivity contribution < 1.29 is 65.9 Å². The summed E-state index contributed by atoms with van der Waals surface area (Å²) >= 11 is 0. The predicted molar refractivity (Wildman–Crippen MR) is 296 cm³/mol. The van der Waals surface area contributed by atoms with Crippen LogP contribution in [0.4, 0.5) is 9.59 Å². The SMILES string of the molecule is CC(C)(C)OC(=O)N[C@H]([C@@H](O)[C@H](O)[C@@H](NC(=O)OC(C)(C)C)[C@@H](O[Si](C)(C)C(C)(C)C)[C@@H]1OC(C)(C)O[C@@H]1CO[Si](C)(C)C(C)(C)C)[C@@H](O[Si](C)(C)C(C)(C)C)[C@@H]1OC(C)(C)O[C@@H]1CO[Si](C)(C)C(C)(C)C. The van der Waals surface area contributed by atoms with Crippen molar-refractivity contribution in [3.63, 3.8) is 0 Å². The van der Waals surface area contributed by atoms with Gasteiger partial charge in [-0.15, -0.1) is 0 Å². The monoisotopic (exact) mass is 1100 g/mol. The molecule has 2 heterocycles. The molecule has 0 bridgehead atoms. The van der Waals surface area contributed by atoms with Gasteiger partial charge in [0.2, 0.25) is 0 Å². The van der Waals surface area contributed by atoms with Crippen molar-refractivity contribution in [2.45, 2.75) is 309 Å². The van der Waals surface area contributed by atoms with E-state index in [-0.39, 0.29) is 33.4 Å². The van der Waals surface area contributed by atoms with E-state index in [1.807, 2.05) is 0 Å². The van der Waals surface area contributed by atoms with E-state index in [2.05, 4.69) is 146 Å².